The van der Waals surface area contributed by atoms with Crippen LogP contribution in [0.5, 0.6) is 0 Å². The summed E-state index contributed by atoms with van der Waals surface area (Å²) >= 11 is 0. The number of carboxylic acid groups (broad SMARTS) is 1. The maximum atomic E-state index is 13.2. The fourth-order valence-corrected chi connectivity index (χ4v) is 1.06. The van der Waals surface area contributed by atoms with Crippen LogP contribution in [0.1, 0.15) is 18.9 Å². The number of halogens is 1. The van der Waals surface area contributed by atoms with Gasteiger partial charge in [-0.2, -0.15) is 9.49 Å². The molecular weight excluding hydrogens is 175 g/mol. The van der Waals surface area contributed by atoms with E-state index in [1.54, 1.807) is 0 Å². The van der Waals surface area contributed by atoms with Gasteiger partial charge in [-0.25, -0.2) is 4.68 Å². The summed E-state index contributed by atoms with van der Waals surface area (Å²) in [5, 5.41) is 12.2. The highest BCUT2D eigenvalue weighted by molar-refractivity contribution is 5.69. The normalized spacial score (nSPS) is 10.3. The molecule has 5 heteroatoms. The number of carbonyl (C=O) groups is 1. The molecule has 0 saturated heterocycles. The van der Waals surface area contributed by atoms with Gasteiger partial charge in [-0.05, 0) is 6.42 Å². The molecule has 0 unspecified atom stereocenters. The van der Waals surface area contributed by atoms with Crippen molar-refractivity contribution in [2.45, 2.75) is 26.3 Å². The largest absolute Gasteiger partial charge is 0.481 e. The second-order valence-electron chi connectivity index (χ2n) is 2.75. The highest BCUT2D eigenvalue weighted by atomic mass is 19.1. The first-order valence-electron chi connectivity index (χ1n) is 4.07. The first-order chi connectivity index (χ1) is 6.15. The second kappa shape index (κ2) is 4.02. The summed E-state index contributed by atoms with van der Waals surface area (Å²) < 4.78 is 14.4. The Kier molecular flexibility index (Phi) is 3.00. The quantitative estimate of drug-likeness (QED) is 0.764. The van der Waals surface area contributed by atoms with E-state index in [0.717, 1.165) is 6.42 Å². The van der Waals surface area contributed by atoms with Crippen LogP contribution in [0.25, 0.3) is 0 Å². The van der Waals surface area contributed by atoms with Crippen LogP contribution in [0.4, 0.5) is 4.39 Å². The lowest BCUT2D eigenvalue weighted by Crippen LogP contribution is -2.05. The number of rotatable bonds is 4. The van der Waals surface area contributed by atoms with E-state index < -0.39 is 11.9 Å². The van der Waals surface area contributed by atoms with E-state index in [1.807, 2.05) is 6.92 Å². The topological polar surface area (TPSA) is 55.1 Å². The Hall–Kier alpha value is -1.39. The van der Waals surface area contributed by atoms with E-state index in [2.05, 4.69) is 5.10 Å². The summed E-state index contributed by atoms with van der Waals surface area (Å²) in [5.74, 6) is -1.58. The standard InChI is InChI=1S/C8H11FN2O2/c1-2-3-11-8(9)6(5-10-11)4-7(12)13/h5H,2-4H2,1H3,(H,12,13). The van der Waals surface area contributed by atoms with Gasteiger partial charge in [0, 0.05) is 12.1 Å². The first kappa shape index (κ1) is 9.70. The highest BCUT2D eigenvalue weighted by Crippen LogP contribution is 2.07. The number of aryl methyl sites for hydroxylation is 1. The lowest BCUT2D eigenvalue weighted by atomic mass is 10.2. The molecule has 1 aromatic heterocycles. The summed E-state index contributed by atoms with van der Waals surface area (Å²) in [7, 11) is 0. The van der Waals surface area contributed by atoms with Gasteiger partial charge < -0.3 is 5.11 Å². The molecule has 13 heavy (non-hydrogen) atoms. The maximum Gasteiger partial charge on any atom is 0.308 e. The van der Waals surface area contributed by atoms with E-state index in [1.165, 1.54) is 10.9 Å². The lowest BCUT2D eigenvalue weighted by Gasteiger charge is -1.98. The molecule has 1 N–H and O–H groups in total. The molecule has 72 valence electrons. The van der Waals surface area contributed by atoms with Gasteiger partial charge in [0.15, 0.2) is 0 Å². The van der Waals surface area contributed by atoms with Crippen molar-refractivity contribution in [3.8, 4) is 0 Å². The molecular formula is C8H11FN2O2. The average Bonchev–Trinajstić information content (AvgIpc) is 2.36. The van der Waals surface area contributed by atoms with Crippen molar-refractivity contribution in [2.75, 3.05) is 0 Å². The third-order valence-corrected chi connectivity index (χ3v) is 1.62. The number of aromatic nitrogens is 2. The van der Waals surface area contributed by atoms with E-state index >= 15 is 0 Å². The molecule has 1 heterocycles. The number of nitrogens with zero attached hydrogens (tertiary/aromatic N) is 2. The number of hydrogen-bond donors (Lipinski definition) is 1. The molecule has 1 aromatic rings. The summed E-state index contributed by atoms with van der Waals surface area (Å²) in [4.78, 5) is 10.3. The molecule has 0 amide bonds. The molecule has 1 rings (SSSR count). The predicted molar refractivity (Wildman–Crippen MR) is 43.8 cm³/mol. The van der Waals surface area contributed by atoms with Gasteiger partial charge >= 0.3 is 5.97 Å². The lowest BCUT2D eigenvalue weighted by molar-refractivity contribution is -0.136. The van der Waals surface area contributed by atoms with Crippen molar-refractivity contribution < 1.29 is 14.3 Å². The Morgan fingerprint density at radius 1 is 1.77 bits per heavy atom. The summed E-state index contributed by atoms with van der Waals surface area (Å²) in [6.45, 7) is 2.38. The summed E-state index contributed by atoms with van der Waals surface area (Å²) in [5.41, 5.74) is 0.140. The zero-order valence-corrected chi connectivity index (χ0v) is 7.33. The van der Waals surface area contributed by atoms with Gasteiger partial charge in [0.25, 0.3) is 0 Å². The molecule has 0 aliphatic rings. The molecule has 0 radical (unpaired) electrons. The Balaban J connectivity index is 2.79. The van der Waals surface area contributed by atoms with Crippen molar-refractivity contribution in [3.05, 3.63) is 17.7 Å². The zero-order chi connectivity index (χ0) is 9.84. The minimum absolute atomic E-state index is 0.140. The monoisotopic (exact) mass is 186 g/mol. The third kappa shape index (κ3) is 2.27. The predicted octanol–water partition coefficient (Wildman–Crippen LogP) is 1.06. The highest BCUT2D eigenvalue weighted by Gasteiger charge is 2.12. The molecule has 0 atom stereocenters. The van der Waals surface area contributed by atoms with Crippen molar-refractivity contribution in [1.82, 2.24) is 9.78 Å². The molecule has 0 fully saturated rings. The number of hydrogen-bond acceptors (Lipinski definition) is 2. The van der Waals surface area contributed by atoms with Crippen LogP contribution in [0.2, 0.25) is 0 Å². The van der Waals surface area contributed by atoms with Crippen molar-refractivity contribution in [3.63, 3.8) is 0 Å². The molecule has 0 aliphatic heterocycles. The van der Waals surface area contributed by atoms with Gasteiger partial charge in [0.05, 0.1) is 12.6 Å². The van der Waals surface area contributed by atoms with E-state index in [-0.39, 0.29) is 12.0 Å². The summed E-state index contributed by atoms with van der Waals surface area (Å²) in [6.07, 6.45) is 1.72. The average molecular weight is 186 g/mol. The summed E-state index contributed by atoms with van der Waals surface area (Å²) in [6, 6.07) is 0. The molecule has 0 bridgehead atoms. The van der Waals surface area contributed by atoms with Crippen LogP contribution in [0.3, 0.4) is 0 Å². The Labute approximate surface area is 75.0 Å². The van der Waals surface area contributed by atoms with Crippen molar-refractivity contribution in [1.29, 1.82) is 0 Å². The Morgan fingerprint density at radius 3 is 3.00 bits per heavy atom. The van der Waals surface area contributed by atoms with Crippen LogP contribution < -0.4 is 0 Å². The Bertz CT molecular complexity index is 309. The van der Waals surface area contributed by atoms with Gasteiger partial charge in [-0.3, -0.25) is 4.79 Å². The van der Waals surface area contributed by atoms with Gasteiger partial charge in [-0.15, -0.1) is 0 Å². The molecule has 0 saturated carbocycles. The minimum Gasteiger partial charge on any atom is -0.481 e. The second-order valence-corrected chi connectivity index (χ2v) is 2.75. The van der Waals surface area contributed by atoms with Crippen molar-refractivity contribution >= 4 is 5.97 Å². The SMILES string of the molecule is CCCn1ncc(CC(=O)O)c1F. The van der Waals surface area contributed by atoms with Crippen LogP contribution in [0, 0.1) is 5.95 Å². The smallest absolute Gasteiger partial charge is 0.308 e. The van der Waals surface area contributed by atoms with Crippen molar-refractivity contribution in [2.24, 2.45) is 0 Å². The molecule has 4 nitrogen and oxygen atoms in total. The van der Waals surface area contributed by atoms with Crippen LogP contribution in [-0.4, -0.2) is 20.9 Å². The first-order valence-corrected chi connectivity index (χ1v) is 4.07. The fraction of sp³-hybridized carbons (Fsp3) is 0.500. The van der Waals surface area contributed by atoms with Gasteiger partial charge in [-0.1, -0.05) is 6.92 Å². The van der Waals surface area contributed by atoms with E-state index in [9.17, 15) is 9.18 Å². The van der Waals surface area contributed by atoms with E-state index in [0.29, 0.717) is 6.54 Å². The Morgan fingerprint density at radius 2 is 2.46 bits per heavy atom. The van der Waals surface area contributed by atoms with Crippen LogP contribution in [0.15, 0.2) is 6.20 Å². The number of carboxylic acids is 1. The van der Waals surface area contributed by atoms with Gasteiger partial charge in [0.2, 0.25) is 5.95 Å². The molecule has 0 aliphatic carbocycles. The van der Waals surface area contributed by atoms with Gasteiger partial charge in [0.1, 0.15) is 0 Å². The maximum absolute atomic E-state index is 13.2. The number of aliphatic carboxylic acids is 1. The molecule has 0 spiro atoms. The fourth-order valence-electron chi connectivity index (χ4n) is 1.06. The minimum atomic E-state index is -1.05. The zero-order valence-electron chi connectivity index (χ0n) is 7.33. The molecule has 0 aromatic carbocycles. The van der Waals surface area contributed by atoms with Crippen LogP contribution >= 0.6 is 0 Å². The van der Waals surface area contributed by atoms with Crippen LogP contribution in [-0.2, 0) is 17.8 Å². The third-order valence-electron chi connectivity index (χ3n) is 1.62. The van der Waals surface area contributed by atoms with E-state index in [4.69, 9.17) is 5.11 Å².